The van der Waals surface area contributed by atoms with Crippen molar-refractivity contribution in [3.63, 3.8) is 0 Å². The van der Waals surface area contributed by atoms with E-state index in [0.29, 0.717) is 5.82 Å². The van der Waals surface area contributed by atoms with E-state index in [2.05, 4.69) is 10.3 Å². The molecule has 6 nitrogen and oxygen atoms in total. The van der Waals surface area contributed by atoms with Crippen molar-refractivity contribution in [3.05, 3.63) is 16.4 Å². The van der Waals surface area contributed by atoms with Crippen molar-refractivity contribution in [1.82, 2.24) is 14.9 Å². The third kappa shape index (κ3) is 1.94. The summed E-state index contributed by atoms with van der Waals surface area (Å²) in [6.45, 7) is 1.88. The Kier molecular flexibility index (Phi) is 2.59. The van der Waals surface area contributed by atoms with Gasteiger partial charge in [-0.2, -0.15) is 4.98 Å². The van der Waals surface area contributed by atoms with E-state index >= 15 is 0 Å². The summed E-state index contributed by atoms with van der Waals surface area (Å²) in [4.78, 5) is 14.7. The lowest BCUT2D eigenvalue weighted by Gasteiger charge is -2.27. The summed E-state index contributed by atoms with van der Waals surface area (Å²) in [7, 11) is 0. The molecule has 2 rings (SSSR count). The van der Waals surface area contributed by atoms with Gasteiger partial charge in [0.2, 0.25) is 5.95 Å². The van der Waals surface area contributed by atoms with Gasteiger partial charge >= 0.3 is 0 Å². The van der Waals surface area contributed by atoms with Gasteiger partial charge in [0.1, 0.15) is 5.82 Å². The third-order valence-electron chi connectivity index (χ3n) is 2.69. The Labute approximate surface area is 87.3 Å². The van der Waals surface area contributed by atoms with Crippen molar-refractivity contribution in [2.24, 2.45) is 0 Å². The monoisotopic (exact) mass is 209 g/mol. The van der Waals surface area contributed by atoms with Gasteiger partial charge in [0.05, 0.1) is 0 Å². The van der Waals surface area contributed by atoms with Gasteiger partial charge < -0.3 is 16.8 Å². The molecule has 0 radical (unpaired) electrons. The van der Waals surface area contributed by atoms with E-state index in [1.54, 1.807) is 4.57 Å². The largest absolute Gasteiger partial charge is 0.385 e. The maximum atomic E-state index is 11.0. The van der Waals surface area contributed by atoms with Crippen molar-refractivity contribution < 1.29 is 0 Å². The summed E-state index contributed by atoms with van der Waals surface area (Å²) in [5, 5.41) is 3.26. The number of nitrogens with one attached hydrogen (secondary N) is 1. The fourth-order valence-corrected chi connectivity index (χ4v) is 1.99. The molecule has 1 aliphatic heterocycles. The number of rotatable bonds is 1. The number of piperidine rings is 1. The van der Waals surface area contributed by atoms with Crippen LogP contribution >= 0.6 is 0 Å². The first-order valence-electron chi connectivity index (χ1n) is 5.04. The smallest absolute Gasteiger partial charge is 0.276 e. The Morgan fingerprint density at radius 3 is 2.67 bits per heavy atom. The van der Waals surface area contributed by atoms with Crippen LogP contribution in [-0.2, 0) is 0 Å². The van der Waals surface area contributed by atoms with Gasteiger partial charge in [-0.05, 0) is 25.9 Å². The summed E-state index contributed by atoms with van der Waals surface area (Å²) in [6, 6.07) is 1.57. The molecule has 0 bridgehead atoms. The molecule has 0 spiro atoms. The highest BCUT2D eigenvalue weighted by Gasteiger charge is 2.18. The van der Waals surface area contributed by atoms with Crippen molar-refractivity contribution in [3.8, 4) is 0 Å². The van der Waals surface area contributed by atoms with E-state index in [-0.39, 0.29) is 17.5 Å². The van der Waals surface area contributed by atoms with Crippen LogP contribution in [0, 0.1) is 0 Å². The molecule has 0 atom stereocenters. The first-order valence-corrected chi connectivity index (χ1v) is 5.04. The summed E-state index contributed by atoms with van der Waals surface area (Å²) < 4.78 is 1.75. The standard InChI is InChI=1S/C9H15N5O/c10-7-5-8(15)13-9(11)14(7)6-1-3-12-4-2-6/h5-6,12H,1-4,10H2,(H2,11,13,15). The zero-order valence-corrected chi connectivity index (χ0v) is 8.44. The van der Waals surface area contributed by atoms with Gasteiger partial charge in [0.15, 0.2) is 0 Å². The van der Waals surface area contributed by atoms with Gasteiger partial charge in [0.25, 0.3) is 5.56 Å². The highest BCUT2D eigenvalue weighted by molar-refractivity contribution is 5.36. The number of anilines is 2. The van der Waals surface area contributed by atoms with Gasteiger partial charge in [0, 0.05) is 12.1 Å². The molecule has 5 N–H and O–H groups in total. The maximum absolute atomic E-state index is 11.0. The van der Waals surface area contributed by atoms with Gasteiger partial charge in [-0.3, -0.25) is 9.36 Å². The Bertz CT molecular complexity index is 381. The minimum absolute atomic E-state index is 0.215. The summed E-state index contributed by atoms with van der Waals surface area (Å²) in [5.74, 6) is 0.617. The first kappa shape index (κ1) is 9.97. The molecule has 0 saturated carbocycles. The fourth-order valence-electron chi connectivity index (χ4n) is 1.99. The second-order valence-electron chi connectivity index (χ2n) is 3.73. The number of nitrogens with zero attached hydrogens (tertiary/aromatic N) is 2. The van der Waals surface area contributed by atoms with E-state index in [1.807, 2.05) is 0 Å². The lowest BCUT2D eigenvalue weighted by Crippen LogP contribution is -2.32. The number of hydrogen-bond donors (Lipinski definition) is 3. The van der Waals surface area contributed by atoms with Crippen LogP contribution in [0.2, 0.25) is 0 Å². The Hall–Kier alpha value is -1.56. The second kappa shape index (κ2) is 3.90. The molecule has 1 aromatic heterocycles. The van der Waals surface area contributed by atoms with Crippen LogP contribution in [0.4, 0.5) is 11.8 Å². The Morgan fingerprint density at radius 1 is 1.40 bits per heavy atom. The molecule has 6 heteroatoms. The highest BCUT2D eigenvalue weighted by Crippen LogP contribution is 2.23. The minimum atomic E-state index is -0.379. The molecular weight excluding hydrogens is 194 g/mol. The molecule has 1 aromatic rings. The Morgan fingerprint density at radius 2 is 2.07 bits per heavy atom. The Balaban J connectivity index is 2.38. The van der Waals surface area contributed by atoms with Gasteiger partial charge in [-0.1, -0.05) is 0 Å². The molecule has 1 aliphatic rings. The zero-order valence-electron chi connectivity index (χ0n) is 8.44. The van der Waals surface area contributed by atoms with Crippen LogP contribution in [0.25, 0.3) is 0 Å². The molecule has 0 unspecified atom stereocenters. The van der Waals surface area contributed by atoms with Crippen molar-refractivity contribution in [2.75, 3.05) is 24.6 Å². The van der Waals surface area contributed by atoms with Gasteiger partial charge in [-0.25, -0.2) is 0 Å². The molecule has 0 aliphatic carbocycles. The van der Waals surface area contributed by atoms with Crippen LogP contribution in [0.3, 0.4) is 0 Å². The van der Waals surface area contributed by atoms with E-state index in [9.17, 15) is 4.79 Å². The molecule has 2 heterocycles. The van der Waals surface area contributed by atoms with Crippen molar-refractivity contribution >= 4 is 11.8 Å². The average Bonchev–Trinajstić information content (AvgIpc) is 2.17. The van der Waals surface area contributed by atoms with Crippen LogP contribution < -0.4 is 22.3 Å². The van der Waals surface area contributed by atoms with Crippen LogP contribution in [0.5, 0.6) is 0 Å². The van der Waals surface area contributed by atoms with Crippen molar-refractivity contribution in [1.29, 1.82) is 0 Å². The third-order valence-corrected chi connectivity index (χ3v) is 2.69. The number of nitrogens with two attached hydrogens (primary N) is 2. The molecule has 82 valence electrons. The first-order chi connectivity index (χ1) is 7.18. The maximum Gasteiger partial charge on any atom is 0.276 e. The SMILES string of the molecule is Nc1cc(=O)nc(N)n1C1CCNCC1. The molecule has 1 fully saturated rings. The van der Waals surface area contributed by atoms with E-state index in [1.165, 1.54) is 6.07 Å². The van der Waals surface area contributed by atoms with Crippen molar-refractivity contribution in [2.45, 2.75) is 18.9 Å². The van der Waals surface area contributed by atoms with E-state index in [4.69, 9.17) is 11.5 Å². The predicted molar refractivity (Wildman–Crippen MR) is 58.5 cm³/mol. The van der Waals surface area contributed by atoms with E-state index < -0.39 is 0 Å². The lowest BCUT2D eigenvalue weighted by molar-refractivity contribution is 0.371. The molecular formula is C9H15N5O. The van der Waals surface area contributed by atoms with Crippen LogP contribution in [-0.4, -0.2) is 22.6 Å². The topological polar surface area (TPSA) is 99.0 Å². The normalized spacial score (nSPS) is 17.9. The minimum Gasteiger partial charge on any atom is -0.385 e. The van der Waals surface area contributed by atoms with E-state index in [0.717, 1.165) is 25.9 Å². The molecule has 0 amide bonds. The van der Waals surface area contributed by atoms with Crippen LogP contribution in [0.1, 0.15) is 18.9 Å². The summed E-state index contributed by atoms with van der Waals surface area (Å²) in [5.41, 5.74) is 11.1. The molecule has 1 saturated heterocycles. The molecule has 0 aromatic carbocycles. The van der Waals surface area contributed by atoms with Crippen LogP contribution in [0.15, 0.2) is 10.9 Å². The summed E-state index contributed by atoms with van der Waals surface area (Å²) >= 11 is 0. The van der Waals surface area contributed by atoms with Gasteiger partial charge in [-0.15, -0.1) is 0 Å². The quantitative estimate of drug-likeness (QED) is 0.570. The number of nitrogen functional groups attached to an aromatic ring is 2. The lowest BCUT2D eigenvalue weighted by atomic mass is 10.1. The molecule has 15 heavy (non-hydrogen) atoms. The fraction of sp³-hybridized carbons (Fsp3) is 0.556. The summed E-state index contributed by atoms with van der Waals surface area (Å²) in [6.07, 6.45) is 1.91. The highest BCUT2D eigenvalue weighted by atomic mass is 16.1. The number of hydrogen-bond acceptors (Lipinski definition) is 5. The zero-order chi connectivity index (χ0) is 10.8. The number of aromatic nitrogens is 2. The average molecular weight is 209 g/mol. The predicted octanol–water partition coefficient (Wildman–Crippen LogP) is -0.668. The second-order valence-corrected chi connectivity index (χ2v) is 3.73.